The molecule has 0 saturated carbocycles. The number of pyridine rings is 1. The van der Waals surface area contributed by atoms with Crippen molar-refractivity contribution in [3.05, 3.63) is 47.5 Å². The van der Waals surface area contributed by atoms with E-state index in [9.17, 15) is 9.59 Å². The standard InChI is InChI=1S/C14H16N4O3/c1-3-21-14(20)11-8-12(18(2)17-11)13(19)16-9-10-6-4-5-7-15-10/h4-8H,3,9H2,1-2H3,(H,16,19). The maximum atomic E-state index is 12.1. The number of nitrogens with one attached hydrogen (secondary N) is 1. The van der Waals surface area contributed by atoms with Gasteiger partial charge in [-0.2, -0.15) is 5.10 Å². The summed E-state index contributed by atoms with van der Waals surface area (Å²) in [5.74, 6) is -0.872. The van der Waals surface area contributed by atoms with Crippen molar-refractivity contribution in [3.8, 4) is 0 Å². The highest BCUT2D eigenvalue weighted by molar-refractivity contribution is 5.96. The van der Waals surface area contributed by atoms with Crippen LogP contribution in [0, 0.1) is 0 Å². The number of carbonyl (C=O) groups excluding carboxylic acids is 2. The number of nitrogens with zero attached hydrogens (tertiary/aromatic N) is 3. The fraction of sp³-hybridized carbons (Fsp3) is 0.286. The molecule has 2 aromatic heterocycles. The zero-order valence-corrected chi connectivity index (χ0v) is 11.9. The van der Waals surface area contributed by atoms with Gasteiger partial charge in [0, 0.05) is 19.3 Å². The average molecular weight is 288 g/mol. The number of aryl methyl sites for hydroxylation is 1. The minimum Gasteiger partial charge on any atom is -0.461 e. The summed E-state index contributed by atoms with van der Waals surface area (Å²) in [5, 5.41) is 6.70. The molecule has 0 radical (unpaired) electrons. The lowest BCUT2D eigenvalue weighted by Gasteiger charge is -2.04. The molecular formula is C14H16N4O3. The first-order valence-corrected chi connectivity index (χ1v) is 6.51. The normalized spacial score (nSPS) is 10.2. The lowest BCUT2D eigenvalue weighted by molar-refractivity contribution is 0.0518. The van der Waals surface area contributed by atoms with Crippen LogP contribution in [-0.4, -0.2) is 33.2 Å². The second kappa shape index (κ2) is 6.65. The zero-order valence-electron chi connectivity index (χ0n) is 11.9. The predicted octanol–water partition coefficient (Wildman–Crippen LogP) is 0.922. The third-order valence-corrected chi connectivity index (χ3v) is 2.75. The number of esters is 1. The Labute approximate surface area is 121 Å². The summed E-state index contributed by atoms with van der Waals surface area (Å²) in [5.41, 5.74) is 1.15. The van der Waals surface area contributed by atoms with Crippen LogP contribution in [0.15, 0.2) is 30.5 Å². The van der Waals surface area contributed by atoms with Crippen molar-refractivity contribution in [2.45, 2.75) is 13.5 Å². The second-order valence-electron chi connectivity index (χ2n) is 4.26. The average Bonchev–Trinajstić information content (AvgIpc) is 2.88. The van der Waals surface area contributed by atoms with Gasteiger partial charge in [0.25, 0.3) is 5.91 Å². The third kappa shape index (κ3) is 3.65. The van der Waals surface area contributed by atoms with Gasteiger partial charge >= 0.3 is 5.97 Å². The fourth-order valence-corrected chi connectivity index (χ4v) is 1.75. The molecule has 1 N–H and O–H groups in total. The summed E-state index contributed by atoms with van der Waals surface area (Å²) in [6.07, 6.45) is 1.66. The summed E-state index contributed by atoms with van der Waals surface area (Å²) in [6.45, 7) is 2.28. The Morgan fingerprint density at radius 1 is 1.38 bits per heavy atom. The molecule has 0 saturated heterocycles. The van der Waals surface area contributed by atoms with Crippen LogP contribution < -0.4 is 5.32 Å². The van der Waals surface area contributed by atoms with Crippen LogP contribution in [0.25, 0.3) is 0 Å². The summed E-state index contributed by atoms with van der Waals surface area (Å²) in [6, 6.07) is 6.87. The van der Waals surface area contributed by atoms with E-state index in [1.807, 2.05) is 12.1 Å². The molecular weight excluding hydrogens is 272 g/mol. The van der Waals surface area contributed by atoms with Gasteiger partial charge < -0.3 is 10.1 Å². The van der Waals surface area contributed by atoms with Crippen LogP contribution in [0.3, 0.4) is 0 Å². The van der Waals surface area contributed by atoms with Crippen molar-refractivity contribution in [1.82, 2.24) is 20.1 Å². The zero-order chi connectivity index (χ0) is 15.2. The largest absolute Gasteiger partial charge is 0.461 e. The number of rotatable bonds is 5. The SMILES string of the molecule is CCOC(=O)c1cc(C(=O)NCc2ccccn2)n(C)n1. The lowest BCUT2D eigenvalue weighted by Crippen LogP contribution is -2.25. The maximum Gasteiger partial charge on any atom is 0.358 e. The van der Waals surface area contributed by atoms with Gasteiger partial charge in [-0.25, -0.2) is 4.79 Å². The van der Waals surface area contributed by atoms with E-state index in [4.69, 9.17) is 4.74 Å². The molecule has 1 amide bonds. The molecule has 0 aliphatic heterocycles. The Morgan fingerprint density at radius 2 is 2.19 bits per heavy atom. The fourth-order valence-electron chi connectivity index (χ4n) is 1.75. The van der Waals surface area contributed by atoms with E-state index in [1.165, 1.54) is 10.7 Å². The van der Waals surface area contributed by atoms with Gasteiger partial charge in [-0.3, -0.25) is 14.5 Å². The van der Waals surface area contributed by atoms with Crippen LogP contribution in [-0.2, 0) is 18.3 Å². The van der Waals surface area contributed by atoms with E-state index in [0.717, 1.165) is 5.69 Å². The monoisotopic (exact) mass is 288 g/mol. The van der Waals surface area contributed by atoms with E-state index < -0.39 is 5.97 Å². The molecule has 21 heavy (non-hydrogen) atoms. The Balaban J connectivity index is 2.04. The Bertz CT molecular complexity index is 637. The number of hydrogen-bond acceptors (Lipinski definition) is 5. The molecule has 0 bridgehead atoms. The predicted molar refractivity (Wildman–Crippen MR) is 74.6 cm³/mol. The smallest absolute Gasteiger partial charge is 0.358 e. The first-order valence-electron chi connectivity index (χ1n) is 6.51. The van der Waals surface area contributed by atoms with E-state index in [-0.39, 0.29) is 23.9 Å². The van der Waals surface area contributed by atoms with Crippen molar-refractivity contribution in [2.75, 3.05) is 6.61 Å². The first-order chi connectivity index (χ1) is 10.1. The highest BCUT2D eigenvalue weighted by Crippen LogP contribution is 2.05. The van der Waals surface area contributed by atoms with Gasteiger partial charge in [0.05, 0.1) is 18.8 Å². The molecule has 2 aromatic rings. The molecule has 2 heterocycles. The molecule has 0 spiro atoms. The van der Waals surface area contributed by atoms with Crippen LogP contribution in [0.1, 0.15) is 33.6 Å². The Morgan fingerprint density at radius 3 is 2.86 bits per heavy atom. The molecule has 0 unspecified atom stereocenters. The summed E-state index contributed by atoms with van der Waals surface area (Å²) >= 11 is 0. The molecule has 0 fully saturated rings. The van der Waals surface area contributed by atoms with Gasteiger partial charge in [-0.15, -0.1) is 0 Å². The van der Waals surface area contributed by atoms with E-state index in [0.29, 0.717) is 6.54 Å². The summed E-state index contributed by atoms with van der Waals surface area (Å²) in [4.78, 5) is 27.8. The third-order valence-electron chi connectivity index (χ3n) is 2.75. The van der Waals surface area contributed by atoms with Crippen LogP contribution in [0.5, 0.6) is 0 Å². The molecule has 110 valence electrons. The molecule has 0 aliphatic carbocycles. The molecule has 7 heteroatoms. The quantitative estimate of drug-likeness (QED) is 0.827. The number of hydrogen-bond donors (Lipinski definition) is 1. The van der Waals surface area contributed by atoms with Crippen molar-refractivity contribution < 1.29 is 14.3 Å². The minimum absolute atomic E-state index is 0.113. The van der Waals surface area contributed by atoms with E-state index >= 15 is 0 Å². The minimum atomic E-state index is -0.545. The topological polar surface area (TPSA) is 86.1 Å². The second-order valence-corrected chi connectivity index (χ2v) is 4.26. The molecule has 0 atom stereocenters. The van der Waals surface area contributed by atoms with Gasteiger partial charge in [-0.05, 0) is 19.1 Å². The van der Waals surface area contributed by atoms with Crippen LogP contribution >= 0.6 is 0 Å². The van der Waals surface area contributed by atoms with Crippen molar-refractivity contribution in [1.29, 1.82) is 0 Å². The van der Waals surface area contributed by atoms with Gasteiger partial charge in [-0.1, -0.05) is 6.07 Å². The highest BCUT2D eigenvalue weighted by atomic mass is 16.5. The van der Waals surface area contributed by atoms with Gasteiger partial charge in [0.1, 0.15) is 5.69 Å². The maximum absolute atomic E-state index is 12.1. The Hall–Kier alpha value is -2.70. The summed E-state index contributed by atoms with van der Waals surface area (Å²) < 4.78 is 6.20. The van der Waals surface area contributed by atoms with Crippen molar-refractivity contribution >= 4 is 11.9 Å². The molecule has 2 rings (SSSR count). The number of aromatic nitrogens is 3. The number of ether oxygens (including phenoxy) is 1. The molecule has 0 aliphatic rings. The van der Waals surface area contributed by atoms with Gasteiger partial charge in [0.2, 0.25) is 0 Å². The number of amides is 1. The molecule has 0 aromatic carbocycles. The molecule has 7 nitrogen and oxygen atoms in total. The summed E-state index contributed by atoms with van der Waals surface area (Å²) in [7, 11) is 1.60. The number of carbonyl (C=O) groups is 2. The van der Waals surface area contributed by atoms with Gasteiger partial charge in [0.15, 0.2) is 5.69 Å². The first kappa shape index (κ1) is 14.7. The van der Waals surface area contributed by atoms with Crippen molar-refractivity contribution in [3.63, 3.8) is 0 Å². The van der Waals surface area contributed by atoms with Crippen LogP contribution in [0.4, 0.5) is 0 Å². The van der Waals surface area contributed by atoms with E-state index in [2.05, 4.69) is 15.4 Å². The van der Waals surface area contributed by atoms with Crippen molar-refractivity contribution in [2.24, 2.45) is 7.05 Å². The van der Waals surface area contributed by atoms with Crippen LogP contribution in [0.2, 0.25) is 0 Å². The lowest BCUT2D eigenvalue weighted by atomic mass is 10.3. The van der Waals surface area contributed by atoms with E-state index in [1.54, 1.807) is 26.2 Å². The Kier molecular flexibility index (Phi) is 4.65. The highest BCUT2D eigenvalue weighted by Gasteiger charge is 2.18.